The Kier molecular flexibility index (Phi) is 5.86. The predicted octanol–water partition coefficient (Wildman–Crippen LogP) is 0.501. The maximum Gasteiger partial charge on any atom is 0.238 e. The minimum absolute atomic E-state index is 0.0796. The number of carbonyl (C=O) groups excluding carboxylic acids is 1. The molecule has 0 atom stereocenters. The second-order valence-electron chi connectivity index (χ2n) is 4.51. The van der Waals surface area contributed by atoms with Crippen molar-refractivity contribution in [2.75, 3.05) is 32.1 Å². The highest BCUT2D eigenvalue weighted by atomic mass is 16.5. The van der Waals surface area contributed by atoms with Gasteiger partial charge >= 0.3 is 0 Å². The number of carbonyl (C=O) groups is 1. The Hall–Kier alpha value is -2.25. The second-order valence-corrected chi connectivity index (χ2v) is 4.51. The molecule has 1 aromatic carbocycles. The van der Waals surface area contributed by atoms with Gasteiger partial charge in [0.2, 0.25) is 5.91 Å². The van der Waals surface area contributed by atoms with Gasteiger partial charge in [0.15, 0.2) is 0 Å². The number of anilines is 1. The van der Waals surface area contributed by atoms with Gasteiger partial charge in [-0.2, -0.15) is 5.10 Å². The molecule has 0 radical (unpaired) electrons. The zero-order valence-corrected chi connectivity index (χ0v) is 12.0. The van der Waals surface area contributed by atoms with Crippen LogP contribution in [0.5, 0.6) is 0 Å². The Morgan fingerprint density at radius 1 is 1.43 bits per heavy atom. The van der Waals surface area contributed by atoms with E-state index in [1.807, 2.05) is 24.3 Å². The number of amides is 1. The van der Waals surface area contributed by atoms with Crippen molar-refractivity contribution in [1.29, 1.82) is 0 Å². The largest absolute Gasteiger partial charge is 0.383 e. The summed E-state index contributed by atoms with van der Waals surface area (Å²) in [4.78, 5) is 15.7. The third kappa shape index (κ3) is 5.33. The van der Waals surface area contributed by atoms with Crippen LogP contribution in [0.25, 0.3) is 0 Å². The van der Waals surface area contributed by atoms with Crippen molar-refractivity contribution in [3.05, 3.63) is 42.5 Å². The Labute approximate surface area is 123 Å². The van der Waals surface area contributed by atoms with E-state index in [9.17, 15) is 4.79 Å². The van der Waals surface area contributed by atoms with Gasteiger partial charge in [0.1, 0.15) is 12.7 Å². The first-order valence-corrected chi connectivity index (χ1v) is 6.69. The zero-order chi connectivity index (χ0) is 14.9. The van der Waals surface area contributed by atoms with E-state index in [0.29, 0.717) is 19.7 Å². The SMILES string of the molecule is COCCNCC(=O)Nc1cccc(Cn2cncn2)c1. The van der Waals surface area contributed by atoms with Crippen molar-refractivity contribution >= 4 is 11.6 Å². The number of nitrogens with one attached hydrogen (secondary N) is 2. The van der Waals surface area contributed by atoms with Gasteiger partial charge in [-0.25, -0.2) is 9.67 Å². The molecule has 112 valence electrons. The number of ether oxygens (including phenoxy) is 1. The summed E-state index contributed by atoms with van der Waals surface area (Å²) < 4.78 is 6.63. The molecular weight excluding hydrogens is 270 g/mol. The van der Waals surface area contributed by atoms with Crippen molar-refractivity contribution < 1.29 is 9.53 Å². The van der Waals surface area contributed by atoms with Crippen molar-refractivity contribution in [1.82, 2.24) is 20.1 Å². The minimum Gasteiger partial charge on any atom is -0.383 e. The molecule has 7 nitrogen and oxygen atoms in total. The lowest BCUT2D eigenvalue weighted by Gasteiger charge is -2.08. The van der Waals surface area contributed by atoms with Gasteiger partial charge in [-0.05, 0) is 17.7 Å². The average Bonchev–Trinajstić information content (AvgIpc) is 2.97. The molecule has 2 N–H and O–H groups in total. The fourth-order valence-electron chi connectivity index (χ4n) is 1.83. The van der Waals surface area contributed by atoms with Crippen LogP contribution in [0, 0.1) is 0 Å². The highest BCUT2D eigenvalue weighted by Crippen LogP contribution is 2.11. The van der Waals surface area contributed by atoms with Crippen molar-refractivity contribution in [3.63, 3.8) is 0 Å². The Bertz CT molecular complexity index is 556. The molecule has 0 fully saturated rings. The summed E-state index contributed by atoms with van der Waals surface area (Å²) >= 11 is 0. The molecule has 0 unspecified atom stereocenters. The summed E-state index contributed by atoms with van der Waals surface area (Å²) in [6, 6.07) is 7.67. The van der Waals surface area contributed by atoms with E-state index in [-0.39, 0.29) is 12.5 Å². The summed E-state index contributed by atoms with van der Waals surface area (Å²) in [7, 11) is 1.63. The van der Waals surface area contributed by atoms with Gasteiger partial charge < -0.3 is 15.4 Å². The van der Waals surface area contributed by atoms with E-state index in [1.54, 1.807) is 18.1 Å². The summed E-state index contributed by atoms with van der Waals surface area (Å²) in [5.74, 6) is -0.0796. The maximum absolute atomic E-state index is 11.8. The third-order valence-electron chi connectivity index (χ3n) is 2.79. The third-order valence-corrected chi connectivity index (χ3v) is 2.79. The first-order chi connectivity index (χ1) is 10.3. The van der Waals surface area contributed by atoms with Crippen molar-refractivity contribution in [2.24, 2.45) is 0 Å². The number of aromatic nitrogens is 3. The molecule has 7 heteroatoms. The van der Waals surface area contributed by atoms with Crippen LogP contribution in [0.1, 0.15) is 5.56 Å². The smallest absolute Gasteiger partial charge is 0.238 e. The van der Waals surface area contributed by atoms with E-state index >= 15 is 0 Å². The molecule has 1 amide bonds. The topological polar surface area (TPSA) is 81.1 Å². The Morgan fingerprint density at radius 3 is 3.10 bits per heavy atom. The fourth-order valence-corrected chi connectivity index (χ4v) is 1.83. The summed E-state index contributed by atoms with van der Waals surface area (Å²) in [5, 5.41) is 9.91. The number of nitrogens with zero attached hydrogens (tertiary/aromatic N) is 3. The monoisotopic (exact) mass is 289 g/mol. The lowest BCUT2D eigenvalue weighted by molar-refractivity contribution is -0.115. The molecule has 0 bridgehead atoms. The Balaban J connectivity index is 1.84. The first-order valence-electron chi connectivity index (χ1n) is 6.69. The second kappa shape index (κ2) is 8.13. The molecule has 0 aliphatic carbocycles. The quantitative estimate of drug-likeness (QED) is 0.692. The predicted molar refractivity (Wildman–Crippen MR) is 78.9 cm³/mol. The highest BCUT2D eigenvalue weighted by Gasteiger charge is 2.03. The van der Waals surface area contributed by atoms with E-state index in [1.165, 1.54) is 6.33 Å². The number of rotatable bonds is 8. The van der Waals surface area contributed by atoms with Crippen LogP contribution in [0.3, 0.4) is 0 Å². The molecule has 0 saturated heterocycles. The van der Waals surface area contributed by atoms with Gasteiger partial charge in [-0.15, -0.1) is 0 Å². The van der Waals surface area contributed by atoms with Gasteiger partial charge in [-0.3, -0.25) is 4.79 Å². The van der Waals surface area contributed by atoms with Crippen LogP contribution in [-0.4, -0.2) is 47.5 Å². The molecule has 2 rings (SSSR count). The zero-order valence-electron chi connectivity index (χ0n) is 12.0. The Morgan fingerprint density at radius 2 is 2.33 bits per heavy atom. The molecule has 21 heavy (non-hydrogen) atoms. The number of benzene rings is 1. The minimum atomic E-state index is -0.0796. The van der Waals surface area contributed by atoms with E-state index in [2.05, 4.69) is 20.7 Å². The van der Waals surface area contributed by atoms with Crippen LogP contribution >= 0.6 is 0 Å². The van der Waals surface area contributed by atoms with Crippen LogP contribution < -0.4 is 10.6 Å². The normalized spacial score (nSPS) is 10.5. The molecule has 0 saturated carbocycles. The van der Waals surface area contributed by atoms with Crippen molar-refractivity contribution in [3.8, 4) is 0 Å². The highest BCUT2D eigenvalue weighted by molar-refractivity contribution is 5.92. The van der Waals surface area contributed by atoms with E-state index in [0.717, 1.165) is 11.3 Å². The summed E-state index contributed by atoms with van der Waals surface area (Å²) in [5.41, 5.74) is 1.82. The molecule has 0 aliphatic rings. The number of hydrogen-bond acceptors (Lipinski definition) is 5. The standard InChI is InChI=1S/C14H19N5O2/c1-21-6-5-15-8-14(20)18-13-4-2-3-12(7-13)9-19-11-16-10-17-19/h2-4,7,10-11,15H,5-6,8-9H2,1H3,(H,18,20). The molecule has 0 aliphatic heterocycles. The summed E-state index contributed by atoms with van der Waals surface area (Å²) in [6.07, 6.45) is 3.16. The maximum atomic E-state index is 11.8. The lowest BCUT2D eigenvalue weighted by atomic mass is 10.2. The lowest BCUT2D eigenvalue weighted by Crippen LogP contribution is -2.30. The number of methoxy groups -OCH3 is 1. The van der Waals surface area contributed by atoms with Gasteiger partial charge in [0.25, 0.3) is 0 Å². The molecule has 1 aromatic heterocycles. The van der Waals surface area contributed by atoms with Crippen LogP contribution in [-0.2, 0) is 16.1 Å². The van der Waals surface area contributed by atoms with Crippen molar-refractivity contribution in [2.45, 2.75) is 6.54 Å². The molecular formula is C14H19N5O2. The van der Waals surface area contributed by atoms with Crippen LogP contribution in [0.4, 0.5) is 5.69 Å². The van der Waals surface area contributed by atoms with Gasteiger partial charge in [-0.1, -0.05) is 12.1 Å². The van der Waals surface area contributed by atoms with Crippen LogP contribution in [0.15, 0.2) is 36.9 Å². The van der Waals surface area contributed by atoms with Gasteiger partial charge in [0.05, 0.1) is 19.7 Å². The summed E-state index contributed by atoms with van der Waals surface area (Å²) in [6.45, 7) is 2.11. The molecule has 2 aromatic rings. The number of hydrogen-bond donors (Lipinski definition) is 2. The average molecular weight is 289 g/mol. The van der Waals surface area contributed by atoms with E-state index in [4.69, 9.17) is 4.74 Å². The molecule has 1 heterocycles. The fraction of sp³-hybridized carbons (Fsp3) is 0.357. The first kappa shape index (κ1) is 15.1. The van der Waals surface area contributed by atoms with E-state index < -0.39 is 0 Å². The van der Waals surface area contributed by atoms with Gasteiger partial charge in [0, 0.05) is 19.3 Å². The molecule has 0 spiro atoms. The van der Waals surface area contributed by atoms with Crippen LogP contribution in [0.2, 0.25) is 0 Å².